The molecule has 0 amide bonds. The van der Waals surface area contributed by atoms with Crippen molar-refractivity contribution in [1.29, 1.82) is 0 Å². The van der Waals surface area contributed by atoms with Gasteiger partial charge >= 0.3 is 0 Å². The van der Waals surface area contributed by atoms with E-state index in [2.05, 4.69) is 55.0 Å². The summed E-state index contributed by atoms with van der Waals surface area (Å²) in [5, 5.41) is 22.6. The van der Waals surface area contributed by atoms with Crippen molar-refractivity contribution < 1.29 is 19.7 Å². The lowest BCUT2D eigenvalue weighted by atomic mass is 9.43. The van der Waals surface area contributed by atoms with Crippen LogP contribution in [0.4, 0.5) is 0 Å². The third kappa shape index (κ3) is 3.79. The van der Waals surface area contributed by atoms with Crippen molar-refractivity contribution in [2.24, 2.45) is 39.4 Å². The van der Waals surface area contributed by atoms with Crippen molar-refractivity contribution >= 4 is 6.47 Å². The number of ether oxygens (including phenoxy) is 1. The molecule has 0 saturated heterocycles. The molecule has 0 aromatic heterocycles. The average Bonchev–Trinajstić information content (AvgIpc) is 3.00. The quantitative estimate of drug-likeness (QED) is 0.314. The van der Waals surface area contributed by atoms with E-state index in [9.17, 15) is 15.0 Å². The summed E-state index contributed by atoms with van der Waals surface area (Å²) in [6, 6.07) is 0. The van der Waals surface area contributed by atoms with Crippen LogP contribution >= 0.6 is 0 Å². The highest BCUT2D eigenvalue weighted by molar-refractivity contribution is 5.41. The number of carbonyl (C=O) groups is 1. The van der Waals surface area contributed by atoms with E-state index >= 15 is 0 Å². The van der Waals surface area contributed by atoms with E-state index in [0.717, 1.165) is 51.4 Å². The first-order chi connectivity index (χ1) is 16.2. The minimum atomic E-state index is -0.434. The summed E-state index contributed by atoms with van der Waals surface area (Å²) in [7, 11) is 0. The second kappa shape index (κ2) is 9.01. The molecule has 0 radical (unpaired) electrons. The number of hydrogen-bond acceptors (Lipinski definition) is 4. The van der Waals surface area contributed by atoms with Gasteiger partial charge in [0.05, 0.1) is 12.2 Å². The Morgan fingerprint density at radius 2 is 1.74 bits per heavy atom. The molecule has 8 atom stereocenters. The van der Waals surface area contributed by atoms with Crippen LogP contribution in [-0.2, 0) is 9.53 Å². The van der Waals surface area contributed by atoms with E-state index < -0.39 is 6.10 Å². The number of aliphatic hydroxyl groups excluding tert-OH is 2. The van der Waals surface area contributed by atoms with E-state index in [0.29, 0.717) is 24.7 Å². The molecule has 0 aromatic carbocycles. The highest BCUT2D eigenvalue weighted by atomic mass is 16.5. The van der Waals surface area contributed by atoms with E-state index in [1.54, 1.807) is 5.57 Å². The molecule has 4 aliphatic carbocycles. The van der Waals surface area contributed by atoms with Crippen LogP contribution in [0.2, 0.25) is 0 Å². The summed E-state index contributed by atoms with van der Waals surface area (Å²) in [5.41, 5.74) is 3.83. The lowest BCUT2D eigenvalue weighted by Gasteiger charge is -2.62. The Balaban J connectivity index is 1.70. The van der Waals surface area contributed by atoms with Gasteiger partial charge in [0.1, 0.15) is 6.10 Å². The number of hydrogen-bond donors (Lipinski definition) is 2. The van der Waals surface area contributed by atoms with Gasteiger partial charge in [-0.1, -0.05) is 71.8 Å². The molecular weight excluding hydrogens is 436 g/mol. The van der Waals surface area contributed by atoms with Gasteiger partial charge in [-0.25, -0.2) is 0 Å². The third-order valence-electron chi connectivity index (χ3n) is 12.1. The standard InChI is InChI=1S/C31H50O4/c1-19(2)20(3)9-11-24(35-18-32)23-17-27(34)31(8)22-10-12-25-28(4,5)26(33)14-15-29(25,6)21(22)13-16-30(23,31)7/h18-19,23-27,33-34H,3,9-17H2,1-2,4-8H3/t23-,24-,25+,26+,27+,29-,30-,31-/m1/s1. The number of allylic oxidation sites excluding steroid dienone is 2. The van der Waals surface area contributed by atoms with Gasteiger partial charge in [0.25, 0.3) is 6.47 Å². The number of fused-ring (bicyclic) bond motifs is 4. The van der Waals surface area contributed by atoms with Crippen LogP contribution in [-0.4, -0.2) is 35.0 Å². The largest absolute Gasteiger partial charge is 0.464 e. The van der Waals surface area contributed by atoms with Crippen molar-refractivity contribution in [1.82, 2.24) is 0 Å². The van der Waals surface area contributed by atoms with Gasteiger partial charge in [-0.3, -0.25) is 4.79 Å². The fourth-order valence-corrected chi connectivity index (χ4v) is 9.37. The smallest absolute Gasteiger partial charge is 0.293 e. The van der Waals surface area contributed by atoms with Crippen molar-refractivity contribution in [3.8, 4) is 0 Å². The maximum Gasteiger partial charge on any atom is 0.293 e. The van der Waals surface area contributed by atoms with Gasteiger partial charge < -0.3 is 14.9 Å². The van der Waals surface area contributed by atoms with Crippen molar-refractivity contribution in [2.75, 3.05) is 0 Å². The molecule has 4 nitrogen and oxygen atoms in total. The molecule has 2 fully saturated rings. The molecule has 0 unspecified atom stereocenters. The van der Waals surface area contributed by atoms with Crippen LogP contribution in [0, 0.1) is 39.4 Å². The zero-order valence-electron chi connectivity index (χ0n) is 23.3. The molecule has 4 aliphatic rings. The van der Waals surface area contributed by atoms with Gasteiger partial charge in [0, 0.05) is 11.3 Å². The van der Waals surface area contributed by atoms with E-state index in [1.165, 1.54) is 11.1 Å². The average molecular weight is 487 g/mol. The molecule has 4 heteroatoms. The van der Waals surface area contributed by atoms with Gasteiger partial charge in [-0.05, 0) is 85.9 Å². The summed E-state index contributed by atoms with van der Waals surface area (Å²) < 4.78 is 5.77. The van der Waals surface area contributed by atoms with Crippen LogP contribution in [0.15, 0.2) is 23.3 Å². The maximum atomic E-state index is 11.7. The Kier molecular flexibility index (Phi) is 6.93. The summed E-state index contributed by atoms with van der Waals surface area (Å²) in [6.45, 7) is 20.8. The molecule has 2 saturated carbocycles. The van der Waals surface area contributed by atoms with Gasteiger partial charge in [0.15, 0.2) is 0 Å². The molecule has 0 bridgehead atoms. The van der Waals surface area contributed by atoms with Crippen LogP contribution < -0.4 is 0 Å². The summed E-state index contributed by atoms with van der Waals surface area (Å²) >= 11 is 0. The zero-order chi connectivity index (χ0) is 26.0. The van der Waals surface area contributed by atoms with E-state index in [1.807, 2.05) is 0 Å². The van der Waals surface area contributed by atoms with E-state index in [4.69, 9.17) is 4.74 Å². The molecule has 2 N–H and O–H groups in total. The molecule has 0 heterocycles. The number of rotatable bonds is 7. The molecule has 35 heavy (non-hydrogen) atoms. The predicted molar refractivity (Wildman–Crippen MR) is 141 cm³/mol. The summed E-state index contributed by atoms with van der Waals surface area (Å²) in [4.78, 5) is 11.6. The second-order valence-electron chi connectivity index (χ2n) is 13.9. The monoisotopic (exact) mass is 486 g/mol. The molecular formula is C31H50O4. The minimum Gasteiger partial charge on any atom is -0.464 e. The topological polar surface area (TPSA) is 66.8 Å². The van der Waals surface area contributed by atoms with Crippen LogP contribution in [0.3, 0.4) is 0 Å². The molecule has 0 aromatic rings. The molecule has 0 spiro atoms. The lowest BCUT2D eigenvalue weighted by Crippen LogP contribution is -2.56. The highest BCUT2D eigenvalue weighted by Gasteiger charge is 2.67. The van der Waals surface area contributed by atoms with Crippen molar-refractivity contribution in [2.45, 2.75) is 125 Å². The second-order valence-corrected chi connectivity index (χ2v) is 13.9. The highest BCUT2D eigenvalue weighted by Crippen LogP contribution is 2.72. The van der Waals surface area contributed by atoms with Crippen LogP contribution in [0.25, 0.3) is 0 Å². The molecule has 4 rings (SSSR count). The number of carbonyl (C=O) groups excluding carboxylic acids is 1. The first kappa shape index (κ1) is 26.9. The Morgan fingerprint density at radius 3 is 2.37 bits per heavy atom. The zero-order valence-corrected chi connectivity index (χ0v) is 23.3. The SMILES string of the molecule is C=C(CC[C@@H](OC=O)[C@H]1C[C@H](O)[C@@]2(C)C3=C(CC[C@]12C)[C@@]1(C)CC[C@H](O)C(C)(C)[C@@H]1CC3)C(C)C. The predicted octanol–water partition coefficient (Wildman–Crippen LogP) is 6.60. The normalized spacial score (nSPS) is 43.3. The summed E-state index contributed by atoms with van der Waals surface area (Å²) in [5.74, 6) is 1.02. The van der Waals surface area contributed by atoms with Crippen LogP contribution in [0.1, 0.15) is 106 Å². The van der Waals surface area contributed by atoms with Gasteiger partial charge in [-0.2, -0.15) is 0 Å². The molecule has 0 aliphatic heterocycles. The Labute approximate surface area is 213 Å². The first-order valence-electron chi connectivity index (χ1n) is 14.1. The Bertz CT molecular complexity index is 886. The maximum absolute atomic E-state index is 11.7. The number of aliphatic hydroxyl groups is 2. The minimum absolute atomic E-state index is 0.0894. The van der Waals surface area contributed by atoms with Gasteiger partial charge in [-0.15, -0.1) is 0 Å². The Morgan fingerprint density at radius 1 is 1.06 bits per heavy atom. The van der Waals surface area contributed by atoms with Crippen LogP contribution in [0.5, 0.6) is 0 Å². The van der Waals surface area contributed by atoms with Crippen molar-refractivity contribution in [3.63, 3.8) is 0 Å². The van der Waals surface area contributed by atoms with Crippen molar-refractivity contribution in [3.05, 3.63) is 23.3 Å². The third-order valence-corrected chi connectivity index (χ3v) is 12.1. The fourth-order valence-electron chi connectivity index (χ4n) is 9.37. The first-order valence-corrected chi connectivity index (χ1v) is 14.1. The van der Waals surface area contributed by atoms with Gasteiger partial charge in [0.2, 0.25) is 0 Å². The lowest BCUT2D eigenvalue weighted by molar-refractivity contribution is -0.141. The summed E-state index contributed by atoms with van der Waals surface area (Å²) in [6.07, 6.45) is 7.46. The van der Waals surface area contributed by atoms with E-state index in [-0.39, 0.29) is 39.8 Å². The fraction of sp³-hybridized carbons (Fsp3) is 0.839. The Hall–Kier alpha value is -1.13. The molecule has 198 valence electrons.